The zero-order chi connectivity index (χ0) is 20.3. The first-order valence-electron chi connectivity index (χ1n) is 8.13. The van der Waals surface area contributed by atoms with Crippen LogP contribution in [0.15, 0.2) is 78.9 Å². The van der Waals surface area contributed by atoms with E-state index in [9.17, 15) is 29.9 Å². The third kappa shape index (κ3) is 2.97. The van der Waals surface area contributed by atoms with Crippen LogP contribution in [0, 0.1) is 10.1 Å². The number of rotatable bonds is 5. The molecule has 140 valence electrons. The molecule has 0 fully saturated rings. The molecule has 0 atom stereocenters. The quantitative estimate of drug-likeness (QED) is 0.411. The van der Waals surface area contributed by atoms with E-state index in [0.717, 1.165) is 18.2 Å². The van der Waals surface area contributed by atoms with E-state index < -0.39 is 27.2 Å². The Labute approximate surface area is 159 Å². The molecule has 0 aliphatic rings. The second-order valence-electron chi connectivity index (χ2n) is 5.87. The molecule has 28 heavy (non-hydrogen) atoms. The summed E-state index contributed by atoms with van der Waals surface area (Å²) < 4.78 is -1.10. The highest BCUT2D eigenvalue weighted by atomic mass is 16.6. The minimum Gasteiger partial charge on any atom is -0.497 e. The molecule has 0 saturated carbocycles. The van der Waals surface area contributed by atoms with Crippen molar-refractivity contribution in [3.8, 4) is 0 Å². The molecule has 0 aliphatic carbocycles. The number of carbonyl (C=O) groups excluding carboxylic acids is 1. The molecule has 3 rings (SSSR count). The number of nitro benzene ring substituents is 1. The number of carboxylic acids is 1. The molecule has 8 nitrogen and oxygen atoms in total. The molecule has 3 aromatic carbocycles. The minimum atomic E-state index is -1.62. The van der Waals surface area contributed by atoms with Crippen LogP contribution in [0.2, 0.25) is 0 Å². The van der Waals surface area contributed by atoms with Gasteiger partial charge in [0.15, 0.2) is 0 Å². The van der Waals surface area contributed by atoms with Crippen LogP contribution >= 0.6 is 0 Å². The summed E-state index contributed by atoms with van der Waals surface area (Å²) in [5.74, 6) is -1.36. The van der Waals surface area contributed by atoms with Crippen molar-refractivity contribution in [3.05, 3.63) is 94.5 Å². The summed E-state index contributed by atoms with van der Waals surface area (Å²) in [4.78, 5) is 34.7. The number of aromatic carboxylic acids is 1. The van der Waals surface area contributed by atoms with Gasteiger partial charge in [0.25, 0.3) is 6.09 Å². The normalized spacial score (nSPS) is 11.0. The first kappa shape index (κ1) is 18.7. The average Bonchev–Trinajstić information content (AvgIpc) is 2.70. The largest absolute Gasteiger partial charge is 0.497 e. The van der Waals surface area contributed by atoms with Gasteiger partial charge in [-0.2, -0.15) is 4.48 Å². The van der Waals surface area contributed by atoms with Gasteiger partial charge in [-0.05, 0) is 6.07 Å². The van der Waals surface area contributed by atoms with E-state index in [0.29, 0.717) is 0 Å². The lowest BCUT2D eigenvalue weighted by Crippen LogP contribution is -2.52. The highest BCUT2D eigenvalue weighted by molar-refractivity contribution is 5.99. The monoisotopic (exact) mass is 378 g/mol. The number of hydrogen-bond donors (Lipinski definition) is 1. The molecular formula is C20H14N2O6. The Morgan fingerprint density at radius 1 is 0.857 bits per heavy atom. The predicted molar refractivity (Wildman–Crippen MR) is 99.4 cm³/mol. The number of quaternary nitrogens is 1. The van der Waals surface area contributed by atoms with Crippen molar-refractivity contribution in [1.29, 1.82) is 0 Å². The van der Waals surface area contributed by atoms with Gasteiger partial charge in [-0.25, -0.2) is 4.79 Å². The van der Waals surface area contributed by atoms with E-state index in [1.54, 1.807) is 36.4 Å². The van der Waals surface area contributed by atoms with Crippen LogP contribution in [0.4, 0.5) is 27.5 Å². The Morgan fingerprint density at radius 3 is 1.75 bits per heavy atom. The minimum absolute atomic E-state index is 0.194. The lowest BCUT2D eigenvalue weighted by molar-refractivity contribution is -0.384. The van der Waals surface area contributed by atoms with Gasteiger partial charge in [0.05, 0.1) is 10.5 Å². The maximum absolute atomic E-state index is 12.5. The summed E-state index contributed by atoms with van der Waals surface area (Å²) in [6, 6.07) is 18.9. The second-order valence-corrected chi connectivity index (χ2v) is 5.87. The van der Waals surface area contributed by atoms with Gasteiger partial charge in [0.2, 0.25) is 5.69 Å². The molecule has 0 bridgehead atoms. The summed E-state index contributed by atoms with van der Waals surface area (Å²) in [7, 11) is 0. The molecule has 8 heteroatoms. The summed E-state index contributed by atoms with van der Waals surface area (Å²) in [6.07, 6.45) is -1.62. The lowest BCUT2D eigenvalue weighted by Gasteiger charge is -2.35. The first-order valence-corrected chi connectivity index (χ1v) is 8.13. The van der Waals surface area contributed by atoms with E-state index in [-0.39, 0.29) is 22.6 Å². The zero-order valence-corrected chi connectivity index (χ0v) is 14.4. The molecule has 1 amide bonds. The molecule has 0 heterocycles. The van der Waals surface area contributed by atoms with Crippen molar-refractivity contribution < 1.29 is 24.7 Å². The van der Waals surface area contributed by atoms with Crippen LogP contribution in [0.3, 0.4) is 0 Å². The van der Waals surface area contributed by atoms with Gasteiger partial charge >= 0.3 is 11.7 Å². The fraction of sp³-hybridized carbons (Fsp3) is 0. The van der Waals surface area contributed by atoms with Crippen LogP contribution in [-0.2, 0) is 0 Å². The van der Waals surface area contributed by atoms with Crippen molar-refractivity contribution in [2.24, 2.45) is 0 Å². The van der Waals surface area contributed by atoms with Crippen LogP contribution in [-0.4, -0.2) is 22.1 Å². The smallest absolute Gasteiger partial charge is 0.335 e. The standard InChI is InChI=1S/C20H14N2O6/c23-19(24)14-11-12-18(17(13-14)21(27)28)22(20(25)26,15-7-3-1-4-8-15)16-9-5-2-6-10-16/h1-13H,(H-,23,24,25,26). The number of benzene rings is 3. The van der Waals surface area contributed by atoms with Gasteiger partial charge in [-0.3, -0.25) is 10.1 Å². The second kappa shape index (κ2) is 7.29. The summed E-state index contributed by atoms with van der Waals surface area (Å²) in [5.41, 5.74) is -0.822. The molecule has 0 unspecified atom stereocenters. The van der Waals surface area contributed by atoms with E-state index in [2.05, 4.69) is 0 Å². The van der Waals surface area contributed by atoms with Crippen LogP contribution < -0.4 is 9.59 Å². The summed E-state index contributed by atoms with van der Waals surface area (Å²) >= 11 is 0. The highest BCUT2D eigenvalue weighted by Crippen LogP contribution is 2.47. The van der Waals surface area contributed by atoms with Crippen LogP contribution in [0.5, 0.6) is 0 Å². The van der Waals surface area contributed by atoms with Gasteiger partial charge in [0.1, 0.15) is 11.4 Å². The van der Waals surface area contributed by atoms with Crippen molar-refractivity contribution in [1.82, 2.24) is 4.48 Å². The Bertz CT molecular complexity index is 1010. The number of carboxylic acid groups (broad SMARTS) is 2. The van der Waals surface area contributed by atoms with Gasteiger partial charge in [0, 0.05) is 36.4 Å². The van der Waals surface area contributed by atoms with Gasteiger partial charge in [-0.1, -0.05) is 36.4 Å². The Hall–Kier alpha value is -4.04. The van der Waals surface area contributed by atoms with E-state index in [4.69, 9.17) is 0 Å². The predicted octanol–water partition coefficient (Wildman–Crippen LogP) is 3.61. The SMILES string of the molecule is O=C(O)c1ccc([N+](C(=O)[O-])(c2ccccc2)c2ccccc2)c([N+](=O)[O-])c1. The number of para-hydroxylation sites is 2. The highest BCUT2D eigenvalue weighted by Gasteiger charge is 2.44. The fourth-order valence-corrected chi connectivity index (χ4v) is 3.13. The third-order valence-corrected chi connectivity index (χ3v) is 4.34. The molecule has 0 aromatic heterocycles. The number of nitrogens with zero attached hydrogens (tertiary/aromatic N) is 2. The van der Waals surface area contributed by atoms with Crippen molar-refractivity contribution >= 4 is 34.8 Å². The molecular weight excluding hydrogens is 364 g/mol. The number of nitro groups is 1. The molecule has 1 N–H and O–H groups in total. The van der Waals surface area contributed by atoms with Crippen molar-refractivity contribution in [2.45, 2.75) is 0 Å². The van der Waals surface area contributed by atoms with Crippen LogP contribution in [0.25, 0.3) is 0 Å². The van der Waals surface area contributed by atoms with Crippen molar-refractivity contribution in [3.63, 3.8) is 0 Å². The maximum atomic E-state index is 12.5. The summed E-state index contributed by atoms with van der Waals surface area (Å²) in [5, 5.41) is 33.4. The zero-order valence-electron chi connectivity index (χ0n) is 14.4. The topological polar surface area (TPSA) is 121 Å². The maximum Gasteiger partial charge on any atom is 0.335 e. The van der Waals surface area contributed by atoms with E-state index >= 15 is 0 Å². The average molecular weight is 378 g/mol. The lowest BCUT2D eigenvalue weighted by atomic mass is 10.1. The fourth-order valence-electron chi connectivity index (χ4n) is 3.13. The third-order valence-electron chi connectivity index (χ3n) is 4.34. The number of carbonyl (C=O) groups is 2. The number of hydrogen-bond acceptors (Lipinski definition) is 5. The van der Waals surface area contributed by atoms with E-state index in [1.165, 1.54) is 24.3 Å². The molecule has 0 aliphatic heterocycles. The summed E-state index contributed by atoms with van der Waals surface area (Å²) in [6.45, 7) is 0. The van der Waals surface area contributed by atoms with E-state index in [1.807, 2.05) is 0 Å². The Balaban J connectivity index is 2.47. The molecule has 0 radical (unpaired) electrons. The first-order chi connectivity index (χ1) is 13.4. The Morgan fingerprint density at radius 2 is 1.36 bits per heavy atom. The van der Waals surface area contributed by atoms with Crippen LogP contribution in [0.1, 0.15) is 10.4 Å². The number of amides is 1. The molecule has 0 spiro atoms. The molecule has 0 saturated heterocycles. The van der Waals surface area contributed by atoms with Gasteiger partial charge in [-0.15, -0.1) is 0 Å². The molecule has 3 aromatic rings. The van der Waals surface area contributed by atoms with Gasteiger partial charge < -0.3 is 15.0 Å². The van der Waals surface area contributed by atoms with Crippen molar-refractivity contribution in [2.75, 3.05) is 0 Å². The Kier molecular flexibility index (Phi) is 4.88.